The zero-order chi connectivity index (χ0) is 21.4. The fourth-order valence-electron chi connectivity index (χ4n) is 3.65. The number of carbonyl (C=O) groups excluding carboxylic acids is 1. The summed E-state index contributed by atoms with van der Waals surface area (Å²) in [6, 6.07) is 8.72. The number of hydrogen-bond acceptors (Lipinski definition) is 5. The van der Waals surface area contributed by atoms with E-state index in [4.69, 9.17) is 4.74 Å². The number of likely N-dealkylation sites (tertiary alicyclic amines) is 1. The smallest absolute Gasteiger partial charge is 0.407 e. The van der Waals surface area contributed by atoms with Gasteiger partial charge in [0.1, 0.15) is 11.6 Å². The molecular weight excluding hydrogens is 394 g/mol. The summed E-state index contributed by atoms with van der Waals surface area (Å²) in [5.41, 5.74) is 2.20. The number of carbonyl (C=O) groups is 1. The predicted octanol–water partition coefficient (Wildman–Crippen LogP) is 5.64. The van der Waals surface area contributed by atoms with Gasteiger partial charge in [-0.25, -0.2) is 9.78 Å². The minimum atomic E-state index is -0.401. The number of nitrogens with one attached hydrogen (secondary N) is 1. The Bertz CT molecular complexity index is 790. The molecule has 2 heterocycles. The molecule has 1 N–H and O–H groups in total. The molecule has 0 atom stereocenters. The summed E-state index contributed by atoms with van der Waals surface area (Å²) in [5, 5.41) is 3.75. The Hall–Kier alpha value is -1.92. The fraction of sp³-hybridized carbons (Fsp3) is 0.583. The van der Waals surface area contributed by atoms with Crippen LogP contribution in [0.5, 0.6) is 0 Å². The first-order chi connectivity index (χ1) is 14.4. The van der Waals surface area contributed by atoms with Crippen LogP contribution in [0.25, 0.3) is 10.6 Å². The molecule has 1 aromatic heterocycles. The number of hydrogen-bond donors (Lipinski definition) is 1. The molecule has 164 valence electrons. The van der Waals surface area contributed by atoms with Crippen molar-refractivity contribution in [1.29, 1.82) is 0 Å². The molecular formula is C24H35N3O2S. The number of benzene rings is 1. The predicted molar refractivity (Wildman–Crippen MR) is 124 cm³/mol. The molecule has 1 fully saturated rings. The maximum absolute atomic E-state index is 11.8. The van der Waals surface area contributed by atoms with Gasteiger partial charge in [-0.1, -0.05) is 30.7 Å². The number of rotatable bonds is 8. The molecule has 1 amide bonds. The van der Waals surface area contributed by atoms with Crippen LogP contribution in [0, 0.1) is 0 Å². The number of thiazole rings is 1. The van der Waals surface area contributed by atoms with Gasteiger partial charge >= 0.3 is 6.09 Å². The second-order valence-electron chi connectivity index (χ2n) is 9.14. The number of nitrogens with zero attached hydrogens (tertiary/aromatic N) is 2. The number of ether oxygens (including phenoxy) is 1. The van der Waals surface area contributed by atoms with Gasteiger partial charge in [0.2, 0.25) is 0 Å². The highest BCUT2D eigenvalue weighted by Gasteiger charge is 2.15. The lowest BCUT2D eigenvalue weighted by molar-refractivity contribution is 0.132. The Balaban J connectivity index is 1.41. The molecule has 1 aromatic carbocycles. The second-order valence-corrected chi connectivity index (χ2v) is 10.3. The van der Waals surface area contributed by atoms with E-state index < -0.39 is 6.09 Å². The zero-order valence-electron chi connectivity index (χ0n) is 18.6. The van der Waals surface area contributed by atoms with Crippen molar-refractivity contribution in [3.8, 4) is 10.6 Å². The highest BCUT2D eigenvalue weighted by atomic mass is 32.1. The van der Waals surface area contributed by atoms with Gasteiger partial charge in [-0.3, -0.25) is 0 Å². The Morgan fingerprint density at radius 2 is 1.87 bits per heavy atom. The standard InChI is InChI=1S/C24H35N3O2S/c1-24(2,3)26-23(28)29-18-21-17-25-22(30-21)20-12-10-19(11-13-20)9-5-8-16-27-14-6-4-7-15-27/h10-13,17H,4-9,14-16,18H2,1-3H3,(H,26,28). The first-order valence-corrected chi connectivity index (χ1v) is 11.9. The van der Waals surface area contributed by atoms with E-state index >= 15 is 0 Å². The zero-order valence-corrected chi connectivity index (χ0v) is 19.4. The number of piperidine rings is 1. The molecule has 3 rings (SSSR count). The lowest BCUT2D eigenvalue weighted by Gasteiger charge is -2.26. The third kappa shape index (κ3) is 7.73. The summed E-state index contributed by atoms with van der Waals surface area (Å²) in [4.78, 5) is 19.8. The number of aryl methyl sites for hydroxylation is 1. The maximum Gasteiger partial charge on any atom is 0.407 e. The number of unbranched alkanes of at least 4 members (excludes halogenated alkanes) is 1. The van der Waals surface area contributed by atoms with Crippen LogP contribution in [-0.4, -0.2) is 41.2 Å². The molecule has 1 saturated heterocycles. The normalized spacial score (nSPS) is 15.2. The van der Waals surface area contributed by atoms with E-state index in [9.17, 15) is 4.79 Å². The Kier molecular flexibility index (Phi) is 8.28. The van der Waals surface area contributed by atoms with Gasteiger partial charge in [0, 0.05) is 17.3 Å². The van der Waals surface area contributed by atoms with E-state index in [2.05, 4.69) is 39.5 Å². The van der Waals surface area contributed by atoms with Gasteiger partial charge in [-0.2, -0.15) is 0 Å². The average Bonchev–Trinajstić information content (AvgIpc) is 3.19. The highest BCUT2D eigenvalue weighted by molar-refractivity contribution is 7.15. The monoisotopic (exact) mass is 429 g/mol. The quantitative estimate of drug-likeness (QED) is 0.552. The third-order valence-corrected chi connectivity index (χ3v) is 6.24. The first kappa shape index (κ1) is 22.8. The Labute approximate surface area is 184 Å². The Morgan fingerprint density at radius 1 is 1.13 bits per heavy atom. The van der Waals surface area contributed by atoms with Gasteiger partial charge in [-0.05, 0) is 78.1 Å². The summed E-state index contributed by atoms with van der Waals surface area (Å²) in [5.74, 6) is 0. The SMILES string of the molecule is CC(C)(C)NC(=O)OCc1cnc(-c2ccc(CCCCN3CCCCC3)cc2)s1. The van der Waals surface area contributed by atoms with Crippen molar-refractivity contribution in [3.05, 3.63) is 40.9 Å². The fourth-order valence-corrected chi connectivity index (χ4v) is 4.48. The lowest BCUT2D eigenvalue weighted by atomic mass is 10.1. The minimum Gasteiger partial charge on any atom is -0.444 e. The largest absolute Gasteiger partial charge is 0.444 e. The molecule has 6 heteroatoms. The van der Waals surface area contributed by atoms with Crippen LogP contribution in [0.3, 0.4) is 0 Å². The molecule has 0 aliphatic carbocycles. The minimum absolute atomic E-state index is 0.245. The number of amides is 1. The second kappa shape index (κ2) is 10.9. The van der Waals surface area contributed by atoms with Crippen molar-refractivity contribution in [2.45, 2.75) is 71.4 Å². The summed E-state index contributed by atoms with van der Waals surface area (Å²) < 4.78 is 5.29. The van der Waals surface area contributed by atoms with Crippen molar-refractivity contribution < 1.29 is 9.53 Å². The van der Waals surface area contributed by atoms with Crippen molar-refractivity contribution in [2.24, 2.45) is 0 Å². The maximum atomic E-state index is 11.8. The van der Waals surface area contributed by atoms with Gasteiger partial charge in [-0.15, -0.1) is 11.3 Å². The first-order valence-electron chi connectivity index (χ1n) is 11.1. The topological polar surface area (TPSA) is 54.5 Å². The van der Waals surface area contributed by atoms with E-state index in [0.29, 0.717) is 0 Å². The van der Waals surface area contributed by atoms with Crippen LogP contribution >= 0.6 is 11.3 Å². The Morgan fingerprint density at radius 3 is 2.57 bits per heavy atom. The lowest BCUT2D eigenvalue weighted by Crippen LogP contribution is -2.40. The van der Waals surface area contributed by atoms with Gasteiger partial charge in [0.25, 0.3) is 0 Å². The highest BCUT2D eigenvalue weighted by Crippen LogP contribution is 2.26. The van der Waals surface area contributed by atoms with Gasteiger partial charge in [0.15, 0.2) is 0 Å². The van der Waals surface area contributed by atoms with Crippen molar-refractivity contribution in [2.75, 3.05) is 19.6 Å². The van der Waals surface area contributed by atoms with Crippen LogP contribution in [0.15, 0.2) is 30.5 Å². The molecule has 30 heavy (non-hydrogen) atoms. The molecule has 0 bridgehead atoms. The van der Waals surface area contributed by atoms with Crippen molar-refractivity contribution in [1.82, 2.24) is 15.2 Å². The number of alkyl carbamates (subject to hydrolysis) is 1. The van der Waals surface area contributed by atoms with E-state index in [1.54, 1.807) is 17.5 Å². The van der Waals surface area contributed by atoms with E-state index in [1.807, 2.05) is 20.8 Å². The molecule has 0 saturated carbocycles. The summed E-state index contributed by atoms with van der Waals surface area (Å²) >= 11 is 1.57. The van der Waals surface area contributed by atoms with E-state index in [0.717, 1.165) is 21.9 Å². The molecule has 0 radical (unpaired) electrons. The van der Waals surface area contributed by atoms with Crippen molar-refractivity contribution >= 4 is 17.4 Å². The molecule has 2 aromatic rings. The summed E-state index contributed by atoms with van der Waals surface area (Å²) in [6.45, 7) is 9.85. The van der Waals surface area contributed by atoms with Crippen molar-refractivity contribution in [3.63, 3.8) is 0 Å². The van der Waals surface area contributed by atoms with E-state index in [1.165, 1.54) is 57.3 Å². The van der Waals surface area contributed by atoms with Gasteiger partial charge < -0.3 is 15.0 Å². The molecule has 1 aliphatic rings. The summed E-state index contributed by atoms with van der Waals surface area (Å²) in [6.07, 6.45) is 9.19. The molecule has 0 spiro atoms. The average molecular weight is 430 g/mol. The van der Waals surface area contributed by atoms with Gasteiger partial charge in [0.05, 0.1) is 4.88 Å². The van der Waals surface area contributed by atoms with E-state index in [-0.39, 0.29) is 12.1 Å². The summed E-state index contributed by atoms with van der Waals surface area (Å²) in [7, 11) is 0. The van der Waals surface area contributed by atoms with Crippen LogP contribution in [0.4, 0.5) is 4.79 Å². The van der Waals surface area contributed by atoms with Crippen LogP contribution in [-0.2, 0) is 17.8 Å². The number of aromatic nitrogens is 1. The van der Waals surface area contributed by atoms with Crippen LogP contribution in [0.1, 0.15) is 63.3 Å². The molecule has 5 nitrogen and oxygen atoms in total. The third-order valence-electron chi connectivity index (χ3n) is 5.22. The van der Waals surface area contributed by atoms with Crippen LogP contribution < -0.4 is 5.32 Å². The molecule has 1 aliphatic heterocycles. The van der Waals surface area contributed by atoms with Crippen LogP contribution in [0.2, 0.25) is 0 Å². The molecule has 0 unspecified atom stereocenters.